The Labute approximate surface area is 42.8 Å². The molecule has 2 nitrogen and oxygen atoms in total. The molecule has 40 valence electrons. The van der Waals surface area contributed by atoms with Gasteiger partial charge < -0.3 is 5.21 Å². The van der Waals surface area contributed by atoms with Crippen LogP contribution < -0.4 is 5.48 Å². The Morgan fingerprint density at radius 2 is 2.57 bits per heavy atom. The highest BCUT2D eigenvalue weighted by Crippen LogP contribution is 2.06. The minimum Gasteiger partial charge on any atom is -0.316 e. The summed E-state index contributed by atoms with van der Waals surface area (Å²) in [5.74, 6) is 0. The van der Waals surface area contributed by atoms with Crippen LogP contribution in [0.25, 0.3) is 0 Å². The summed E-state index contributed by atoms with van der Waals surface area (Å²) in [6, 6.07) is 0.222. The molecule has 0 saturated carbocycles. The van der Waals surface area contributed by atoms with Crippen molar-refractivity contribution in [2.24, 2.45) is 0 Å². The highest BCUT2D eigenvalue weighted by molar-refractivity contribution is 4.99. The van der Waals surface area contributed by atoms with E-state index in [0.29, 0.717) is 0 Å². The van der Waals surface area contributed by atoms with Crippen molar-refractivity contribution in [2.75, 3.05) is 0 Å². The molecule has 2 N–H and O–H groups in total. The third kappa shape index (κ3) is 1.01. The van der Waals surface area contributed by atoms with Crippen LogP contribution in [0.4, 0.5) is 0 Å². The molecule has 1 unspecified atom stereocenters. The van der Waals surface area contributed by atoms with Crippen molar-refractivity contribution >= 4 is 0 Å². The molecule has 0 spiro atoms. The van der Waals surface area contributed by atoms with E-state index < -0.39 is 0 Å². The molecule has 1 atom stereocenters. The van der Waals surface area contributed by atoms with Crippen molar-refractivity contribution in [3.05, 3.63) is 12.2 Å². The summed E-state index contributed by atoms with van der Waals surface area (Å²) in [5.41, 5.74) is 2.18. The van der Waals surface area contributed by atoms with Gasteiger partial charge in [0, 0.05) is 0 Å². The minimum absolute atomic E-state index is 0.222. The minimum atomic E-state index is 0.222. The molecular formula is C5H9NO. The number of hydroxylamine groups is 1. The van der Waals surface area contributed by atoms with E-state index in [4.69, 9.17) is 5.21 Å². The zero-order valence-corrected chi connectivity index (χ0v) is 4.09. The smallest absolute Gasteiger partial charge is 0.0502 e. The highest BCUT2D eigenvalue weighted by Gasteiger charge is 2.04. The molecule has 0 aliphatic heterocycles. The van der Waals surface area contributed by atoms with E-state index in [1.807, 2.05) is 6.08 Å². The first kappa shape index (κ1) is 4.81. The van der Waals surface area contributed by atoms with Crippen LogP contribution in [-0.2, 0) is 0 Å². The van der Waals surface area contributed by atoms with Crippen LogP contribution in [0, 0.1) is 0 Å². The molecule has 0 aromatic carbocycles. The lowest BCUT2D eigenvalue weighted by Gasteiger charge is -1.99. The molecular weight excluding hydrogens is 90.1 g/mol. The van der Waals surface area contributed by atoms with E-state index in [9.17, 15) is 0 Å². The zero-order chi connectivity index (χ0) is 5.11. The first-order valence-electron chi connectivity index (χ1n) is 2.50. The molecule has 0 saturated heterocycles. The summed E-state index contributed by atoms with van der Waals surface area (Å²) < 4.78 is 0. The van der Waals surface area contributed by atoms with Crippen molar-refractivity contribution in [1.82, 2.24) is 5.48 Å². The van der Waals surface area contributed by atoms with Gasteiger partial charge in [-0.05, 0) is 12.8 Å². The summed E-state index contributed by atoms with van der Waals surface area (Å²) in [4.78, 5) is 0. The van der Waals surface area contributed by atoms with Crippen molar-refractivity contribution in [2.45, 2.75) is 18.9 Å². The predicted molar refractivity (Wildman–Crippen MR) is 27.1 cm³/mol. The fraction of sp³-hybridized carbons (Fsp3) is 0.600. The van der Waals surface area contributed by atoms with Crippen LogP contribution in [-0.4, -0.2) is 11.2 Å². The van der Waals surface area contributed by atoms with E-state index in [1.165, 1.54) is 0 Å². The lowest BCUT2D eigenvalue weighted by atomic mass is 10.3. The summed E-state index contributed by atoms with van der Waals surface area (Å²) in [5, 5.41) is 8.26. The molecule has 1 aliphatic carbocycles. The number of rotatable bonds is 1. The lowest BCUT2D eigenvalue weighted by molar-refractivity contribution is 0.143. The second-order valence-electron chi connectivity index (χ2n) is 1.74. The SMILES string of the molecule is ONC1C=CCC1. The van der Waals surface area contributed by atoms with Crippen molar-refractivity contribution < 1.29 is 5.21 Å². The second-order valence-corrected chi connectivity index (χ2v) is 1.74. The number of hydrogen-bond acceptors (Lipinski definition) is 2. The van der Waals surface area contributed by atoms with Gasteiger partial charge in [-0.25, -0.2) is 0 Å². The fourth-order valence-electron chi connectivity index (χ4n) is 0.740. The zero-order valence-electron chi connectivity index (χ0n) is 4.09. The molecule has 7 heavy (non-hydrogen) atoms. The van der Waals surface area contributed by atoms with Gasteiger partial charge in [-0.1, -0.05) is 12.2 Å². The van der Waals surface area contributed by atoms with Gasteiger partial charge in [0.15, 0.2) is 0 Å². The van der Waals surface area contributed by atoms with Gasteiger partial charge in [0.1, 0.15) is 0 Å². The van der Waals surface area contributed by atoms with Crippen LogP contribution in [0.2, 0.25) is 0 Å². The predicted octanol–water partition coefficient (Wildman–Crippen LogP) is 0.684. The Kier molecular flexibility index (Phi) is 1.44. The third-order valence-corrected chi connectivity index (χ3v) is 1.18. The third-order valence-electron chi connectivity index (χ3n) is 1.18. The van der Waals surface area contributed by atoms with E-state index in [2.05, 4.69) is 11.6 Å². The average molecular weight is 99.1 g/mol. The fourth-order valence-corrected chi connectivity index (χ4v) is 0.740. The van der Waals surface area contributed by atoms with Crippen LogP contribution in [0.15, 0.2) is 12.2 Å². The highest BCUT2D eigenvalue weighted by atomic mass is 16.5. The Bertz CT molecular complexity index is 80.1. The topological polar surface area (TPSA) is 32.3 Å². The van der Waals surface area contributed by atoms with Gasteiger partial charge in [-0.3, -0.25) is 0 Å². The van der Waals surface area contributed by atoms with Gasteiger partial charge >= 0.3 is 0 Å². The second kappa shape index (κ2) is 2.09. The monoisotopic (exact) mass is 99.1 g/mol. The maximum absolute atomic E-state index is 8.26. The van der Waals surface area contributed by atoms with Gasteiger partial charge in [-0.2, -0.15) is 5.48 Å². The Morgan fingerprint density at radius 3 is 2.86 bits per heavy atom. The standard InChI is InChI=1S/C5H9NO/c7-6-5-3-1-2-4-5/h1,3,5-7H,2,4H2. The molecule has 0 fully saturated rings. The van der Waals surface area contributed by atoms with E-state index in [-0.39, 0.29) is 6.04 Å². The molecule has 2 heteroatoms. The average Bonchev–Trinajstić information content (AvgIpc) is 2.14. The first-order chi connectivity index (χ1) is 3.43. The van der Waals surface area contributed by atoms with Crippen molar-refractivity contribution in [1.29, 1.82) is 0 Å². The van der Waals surface area contributed by atoms with Gasteiger partial charge in [0.05, 0.1) is 6.04 Å². The maximum Gasteiger partial charge on any atom is 0.0502 e. The van der Waals surface area contributed by atoms with E-state index in [1.54, 1.807) is 0 Å². The Balaban J connectivity index is 2.28. The van der Waals surface area contributed by atoms with E-state index in [0.717, 1.165) is 12.8 Å². The molecule has 0 aromatic rings. The lowest BCUT2D eigenvalue weighted by Crippen LogP contribution is -2.20. The van der Waals surface area contributed by atoms with Gasteiger partial charge in [-0.15, -0.1) is 0 Å². The molecule has 1 rings (SSSR count). The Hall–Kier alpha value is -0.340. The van der Waals surface area contributed by atoms with E-state index >= 15 is 0 Å². The number of nitrogens with one attached hydrogen (secondary N) is 1. The molecule has 1 aliphatic rings. The quantitative estimate of drug-likeness (QED) is 0.374. The summed E-state index contributed by atoms with van der Waals surface area (Å²) >= 11 is 0. The summed E-state index contributed by atoms with van der Waals surface area (Å²) in [7, 11) is 0. The summed E-state index contributed by atoms with van der Waals surface area (Å²) in [6.45, 7) is 0. The van der Waals surface area contributed by atoms with Crippen LogP contribution in [0.3, 0.4) is 0 Å². The van der Waals surface area contributed by atoms with Crippen molar-refractivity contribution in [3.8, 4) is 0 Å². The Morgan fingerprint density at radius 1 is 1.71 bits per heavy atom. The largest absolute Gasteiger partial charge is 0.316 e. The molecule has 0 heterocycles. The number of hydrogen-bond donors (Lipinski definition) is 2. The molecule has 0 aromatic heterocycles. The molecule has 0 radical (unpaired) electrons. The van der Waals surface area contributed by atoms with Crippen LogP contribution in [0.1, 0.15) is 12.8 Å². The molecule has 0 bridgehead atoms. The molecule has 0 amide bonds. The number of allylic oxidation sites excluding steroid dienone is 1. The van der Waals surface area contributed by atoms with Crippen molar-refractivity contribution in [3.63, 3.8) is 0 Å². The summed E-state index contributed by atoms with van der Waals surface area (Å²) in [6.07, 6.45) is 6.17. The first-order valence-corrected chi connectivity index (χ1v) is 2.50. The maximum atomic E-state index is 8.26. The van der Waals surface area contributed by atoms with Crippen LogP contribution in [0.5, 0.6) is 0 Å². The van der Waals surface area contributed by atoms with Crippen LogP contribution >= 0.6 is 0 Å². The van der Waals surface area contributed by atoms with Gasteiger partial charge in [0.2, 0.25) is 0 Å². The normalized spacial score (nSPS) is 29.0. The van der Waals surface area contributed by atoms with Gasteiger partial charge in [0.25, 0.3) is 0 Å².